The van der Waals surface area contributed by atoms with E-state index in [0.29, 0.717) is 17.4 Å². The zero-order valence-electron chi connectivity index (χ0n) is 16.2. The van der Waals surface area contributed by atoms with Crippen LogP contribution in [-0.4, -0.2) is 33.6 Å². The molecule has 0 spiro atoms. The summed E-state index contributed by atoms with van der Waals surface area (Å²) in [5.74, 6) is 0.578. The van der Waals surface area contributed by atoms with E-state index in [-0.39, 0.29) is 12.5 Å². The first-order valence-corrected chi connectivity index (χ1v) is 10.3. The van der Waals surface area contributed by atoms with Crippen LogP contribution in [0.4, 0.5) is 5.13 Å². The summed E-state index contributed by atoms with van der Waals surface area (Å²) in [6, 6.07) is 15.5. The number of benzene rings is 2. The van der Waals surface area contributed by atoms with Gasteiger partial charge in [0.05, 0.1) is 16.5 Å². The molecule has 7 heteroatoms. The fourth-order valence-corrected chi connectivity index (χ4v) is 4.14. The Hall–Kier alpha value is -3.19. The minimum Gasteiger partial charge on any atom is -0.484 e. The minimum atomic E-state index is -0.102. The molecule has 0 atom stereocenters. The quantitative estimate of drug-likeness (QED) is 0.438. The van der Waals surface area contributed by atoms with Gasteiger partial charge in [0.1, 0.15) is 5.75 Å². The van der Waals surface area contributed by atoms with Crippen molar-refractivity contribution in [3.8, 4) is 5.75 Å². The number of carbonyl (C=O) groups is 1. The smallest absolute Gasteiger partial charge is 0.266 e. The van der Waals surface area contributed by atoms with Crippen LogP contribution in [0, 0.1) is 6.92 Å². The Morgan fingerprint density at radius 2 is 2.07 bits per heavy atom. The lowest BCUT2D eigenvalue weighted by molar-refractivity contribution is -0.120. The van der Waals surface area contributed by atoms with Crippen molar-refractivity contribution >= 4 is 32.6 Å². The van der Waals surface area contributed by atoms with Crippen LogP contribution in [-0.2, 0) is 11.3 Å². The number of hydrogen-bond donors (Lipinski definition) is 0. The lowest BCUT2D eigenvalue weighted by atomic mass is 10.2. The number of ether oxygens (including phenoxy) is 1. The van der Waals surface area contributed by atoms with Gasteiger partial charge in [-0.15, -0.1) is 0 Å². The van der Waals surface area contributed by atoms with E-state index < -0.39 is 0 Å². The van der Waals surface area contributed by atoms with Crippen molar-refractivity contribution < 1.29 is 9.53 Å². The van der Waals surface area contributed by atoms with Gasteiger partial charge < -0.3 is 9.30 Å². The molecule has 4 aromatic rings. The van der Waals surface area contributed by atoms with Gasteiger partial charge in [-0.25, -0.2) is 9.97 Å². The molecule has 0 bridgehead atoms. The molecule has 0 N–H and O–H groups in total. The van der Waals surface area contributed by atoms with Crippen LogP contribution in [0.1, 0.15) is 12.0 Å². The Balaban J connectivity index is 1.51. The Morgan fingerprint density at radius 3 is 2.86 bits per heavy atom. The molecular weight excluding hydrogens is 384 g/mol. The highest BCUT2D eigenvalue weighted by molar-refractivity contribution is 7.22. The van der Waals surface area contributed by atoms with Gasteiger partial charge >= 0.3 is 0 Å². The second kappa shape index (κ2) is 8.87. The lowest BCUT2D eigenvalue weighted by Gasteiger charge is -2.20. The SMILES string of the molecule is Cc1ccc2nc(N(CCCn3ccnc3)C(=O)COc3ccccc3)sc2c1. The minimum absolute atomic E-state index is 0.0238. The molecule has 0 saturated carbocycles. The number of anilines is 1. The van der Waals surface area contributed by atoms with Crippen molar-refractivity contribution in [3.63, 3.8) is 0 Å². The summed E-state index contributed by atoms with van der Waals surface area (Å²) in [4.78, 5) is 23.5. The fourth-order valence-electron chi connectivity index (χ4n) is 3.03. The number of thiazole rings is 1. The zero-order chi connectivity index (χ0) is 20.1. The lowest BCUT2D eigenvalue weighted by Crippen LogP contribution is -2.36. The average Bonchev–Trinajstić information content (AvgIpc) is 3.39. The maximum Gasteiger partial charge on any atom is 0.266 e. The van der Waals surface area contributed by atoms with E-state index in [1.165, 1.54) is 16.9 Å². The summed E-state index contributed by atoms with van der Waals surface area (Å²) >= 11 is 1.54. The van der Waals surface area contributed by atoms with Gasteiger partial charge in [-0.1, -0.05) is 35.6 Å². The number of rotatable bonds is 8. The third kappa shape index (κ3) is 4.81. The molecule has 0 unspecified atom stereocenters. The molecule has 148 valence electrons. The molecular formula is C22H22N4O2S. The van der Waals surface area contributed by atoms with Crippen LogP contribution in [0.15, 0.2) is 67.3 Å². The van der Waals surface area contributed by atoms with E-state index in [2.05, 4.69) is 18.0 Å². The first-order valence-electron chi connectivity index (χ1n) is 9.50. The topological polar surface area (TPSA) is 60.2 Å². The number of carbonyl (C=O) groups excluding carboxylic acids is 1. The maximum atomic E-state index is 13.0. The molecule has 0 aliphatic rings. The molecule has 29 heavy (non-hydrogen) atoms. The number of aryl methyl sites for hydroxylation is 2. The summed E-state index contributed by atoms with van der Waals surface area (Å²) in [7, 11) is 0. The Bertz CT molecular complexity index is 1080. The van der Waals surface area contributed by atoms with Crippen LogP contribution in [0.2, 0.25) is 0 Å². The van der Waals surface area contributed by atoms with Gasteiger partial charge in [-0.05, 0) is 43.2 Å². The molecule has 0 aliphatic heterocycles. The fraction of sp³-hybridized carbons (Fsp3) is 0.227. The normalized spacial score (nSPS) is 10.9. The van der Waals surface area contributed by atoms with Crippen LogP contribution in [0.25, 0.3) is 10.2 Å². The molecule has 1 amide bonds. The summed E-state index contributed by atoms with van der Waals surface area (Å²) in [6.07, 6.45) is 6.26. The number of aromatic nitrogens is 3. The van der Waals surface area contributed by atoms with Crippen molar-refractivity contribution in [1.82, 2.24) is 14.5 Å². The second-order valence-corrected chi connectivity index (χ2v) is 7.78. The van der Waals surface area contributed by atoms with Gasteiger partial charge in [-0.2, -0.15) is 0 Å². The van der Waals surface area contributed by atoms with E-state index in [1.54, 1.807) is 17.4 Å². The van der Waals surface area contributed by atoms with Gasteiger partial charge in [0, 0.05) is 25.5 Å². The van der Waals surface area contributed by atoms with Gasteiger partial charge in [0.2, 0.25) is 0 Å². The highest BCUT2D eigenvalue weighted by Crippen LogP contribution is 2.30. The third-order valence-corrected chi connectivity index (χ3v) is 5.57. The van der Waals surface area contributed by atoms with Crippen LogP contribution in [0.3, 0.4) is 0 Å². The van der Waals surface area contributed by atoms with Gasteiger partial charge in [0.25, 0.3) is 5.91 Å². The summed E-state index contributed by atoms with van der Waals surface area (Å²) in [5.41, 5.74) is 2.09. The Labute approximate surface area is 173 Å². The van der Waals surface area contributed by atoms with Crippen molar-refractivity contribution in [1.29, 1.82) is 0 Å². The van der Waals surface area contributed by atoms with E-state index in [4.69, 9.17) is 9.72 Å². The zero-order valence-corrected chi connectivity index (χ0v) is 17.0. The molecule has 4 rings (SSSR count). The molecule has 2 aromatic carbocycles. The van der Waals surface area contributed by atoms with Crippen molar-refractivity contribution in [2.45, 2.75) is 19.9 Å². The molecule has 2 aromatic heterocycles. The average molecular weight is 407 g/mol. The monoisotopic (exact) mass is 406 g/mol. The highest BCUT2D eigenvalue weighted by atomic mass is 32.1. The molecule has 0 saturated heterocycles. The van der Waals surface area contributed by atoms with Crippen LogP contribution < -0.4 is 9.64 Å². The molecule has 6 nitrogen and oxygen atoms in total. The molecule has 0 fully saturated rings. The number of amides is 1. The van der Waals surface area contributed by atoms with Crippen LogP contribution in [0.5, 0.6) is 5.75 Å². The third-order valence-electron chi connectivity index (χ3n) is 4.53. The number of imidazole rings is 1. The van der Waals surface area contributed by atoms with Crippen LogP contribution >= 0.6 is 11.3 Å². The molecule has 0 aliphatic carbocycles. The highest BCUT2D eigenvalue weighted by Gasteiger charge is 2.20. The number of fused-ring (bicyclic) bond motifs is 1. The summed E-state index contributed by atoms with van der Waals surface area (Å²) in [5, 5.41) is 0.706. The Kier molecular flexibility index (Phi) is 5.86. The van der Waals surface area contributed by atoms with Crippen molar-refractivity contribution in [3.05, 3.63) is 72.8 Å². The predicted octanol–water partition coefficient (Wildman–Crippen LogP) is 4.30. The number of para-hydroxylation sites is 1. The predicted molar refractivity (Wildman–Crippen MR) is 115 cm³/mol. The maximum absolute atomic E-state index is 13.0. The number of nitrogens with zero attached hydrogens (tertiary/aromatic N) is 4. The number of hydrogen-bond acceptors (Lipinski definition) is 5. The summed E-state index contributed by atoms with van der Waals surface area (Å²) in [6.45, 7) is 3.38. The second-order valence-electron chi connectivity index (χ2n) is 6.77. The first-order chi connectivity index (χ1) is 14.2. The Morgan fingerprint density at radius 1 is 1.21 bits per heavy atom. The van der Waals surface area contributed by atoms with E-state index in [1.807, 2.05) is 53.2 Å². The standard InChI is InChI=1S/C22H22N4O2S/c1-17-8-9-19-20(14-17)29-22(24-19)26(12-5-11-25-13-10-23-16-25)21(27)15-28-18-6-3-2-4-7-18/h2-4,6-10,13-14,16H,5,11-12,15H2,1H3. The largest absolute Gasteiger partial charge is 0.484 e. The van der Waals surface area contributed by atoms with Gasteiger partial charge in [-0.3, -0.25) is 9.69 Å². The van der Waals surface area contributed by atoms with E-state index in [9.17, 15) is 4.79 Å². The van der Waals surface area contributed by atoms with Crippen molar-refractivity contribution in [2.75, 3.05) is 18.1 Å². The van der Waals surface area contributed by atoms with E-state index >= 15 is 0 Å². The van der Waals surface area contributed by atoms with E-state index in [0.717, 1.165) is 23.2 Å². The summed E-state index contributed by atoms with van der Waals surface area (Å²) < 4.78 is 8.77. The van der Waals surface area contributed by atoms with Crippen molar-refractivity contribution in [2.24, 2.45) is 0 Å². The molecule has 2 heterocycles. The first kappa shape index (κ1) is 19.1. The molecule has 0 radical (unpaired) electrons. The van der Waals surface area contributed by atoms with Gasteiger partial charge in [0.15, 0.2) is 11.7 Å².